The van der Waals surface area contributed by atoms with E-state index >= 15 is 0 Å². The van der Waals surface area contributed by atoms with Crippen molar-refractivity contribution in [1.29, 1.82) is 0 Å². The van der Waals surface area contributed by atoms with Crippen molar-refractivity contribution in [3.63, 3.8) is 0 Å². The molecule has 1 aliphatic carbocycles. The first-order valence-electron chi connectivity index (χ1n) is 7.34. The van der Waals surface area contributed by atoms with E-state index in [1.54, 1.807) is 6.07 Å². The van der Waals surface area contributed by atoms with Gasteiger partial charge in [0.15, 0.2) is 0 Å². The van der Waals surface area contributed by atoms with Gasteiger partial charge in [0.2, 0.25) is 0 Å². The molecule has 0 aliphatic heterocycles. The molecule has 0 atom stereocenters. The molecule has 114 valence electrons. The molecule has 1 aromatic heterocycles. The number of carboxylic acids is 1. The largest absolute Gasteiger partial charge is 0.477 e. The number of hydrogen-bond donors (Lipinski definition) is 2. The quantitative estimate of drug-likeness (QED) is 0.871. The fourth-order valence-electron chi connectivity index (χ4n) is 2.72. The van der Waals surface area contributed by atoms with Gasteiger partial charge in [-0.3, -0.25) is 0 Å². The number of carbonyl (C=O) groups is 2. The number of nitrogens with zero attached hydrogens (tertiary/aromatic N) is 2. The third-order valence-corrected chi connectivity index (χ3v) is 3.85. The second-order valence-electron chi connectivity index (χ2n) is 5.24. The van der Waals surface area contributed by atoms with E-state index in [4.69, 9.17) is 5.11 Å². The number of carboxylic acid groups (broad SMARTS) is 1. The number of hydrogen-bond acceptors (Lipinski definition) is 3. The standard InChI is InChI=1S/C15H21N3O3/c1-2-18(12-5-3-4-6-12)15(21)17-10-11-7-8-13(14(19)20)16-9-11/h7-9,12H,2-6,10H2,1H3,(H,17,21)(H,19,20). The van der Waals surface area contributed by atoms with Crippen molar-refractivity contribution in [3.8, 4) is 0 Å². The van der Waals surface area contributed by atoms with Gasteiger partial charge in [-0.15, -0.1) is 0 Å². The Balaban J connectivity index is 1.88. The lowest BCUT2D eigenvalue weighted by Gasteiger charge is -2.27. The molecular formula is C15H21N3O3. The Morgan fingerprint density at radius 1 is 1.38 bits per heavy atom. The van der Waals surface area contributed by atoms with Gasteiger partial charge in [-0.25, -0.2) is 14.6 Å². The van der Waals surface area contributed by atoms with Crippen LogP contribution in [0.4, 0.5) is 4.79 Å². The molecule has 2 N–H and O–H groups in total. The SMILES string of the molecule is CCN(C(=O)NCc1ccc(C(=O)O)nc1)C1CCCC1. The molecule has 6 nitrogen and oxygen atoms in total. The molecule has 1 heterocycles. The molecule has 21 heavy (non-hydrogen) atoms. The average molecular weight is 291 g/mol. The highest BCUT2D eigenvalue weighted by Gasteiger charge is 2.24. The second kappa shape index (κ2) is 7.06. The summed E-state index contributed by atoms with van der Waals surface area (Å²) in [5.41, 5.74) is 0.794. The van der Waals surface area contributed by atoms with E-state index in [0.717, 1.165) is 18.4 Å². The number of amides is 2. The predicted molar refractivity (Wildman–Crippen MR) is 78.1 cm³/mol. The zero-order chi connectivity index (χ0) is 15.2. The van der Waals surface area contributed by atoms with Gasteiger partial charge in [-0.05, 0) is 31.4 Å². The van der Waals surface area contributed by atoms with E-state index in [-0.39, 0.29) is 11.7 Å². The summed E-state index contributed by atoms with van der Waals surface area (Å²) in [4.78, 5) is 28.6. The molecule has 0 radical (unpaired) electrons. The van der Waals surface area contributed by atoms with Crippen LogP contribution in [0, 0.1) is 0 Å². The molecule has 0 spiro atoms. The zero-order valence-electron chi connectivity index (χ0n) is 12.2. The summed E-state index contributed by atoms with van der Waals surface area (Å²) < 4.78 is 0. The van der Waals surface area contributed by atoms with Crippen LogP contribution in [-0.2, 0) is 6.54 Å². The molecule has 2 amide bonds. The van der Waals surface area contributed by atoms with Crippen molar-refractivity contribution in [2.45, 2.75) is 45.2 Å². The maximum Gasteiger partial charge on any atom is 0.354 e. The normalized spacial score (nSPS) is 14.9. The monoisotopic (exact) mass is 291 g/mol. The highest BCUT2D eigenvalue weighted by atomic mass is 16.4. The van der Waals surface area contributed by atoms with Crippen molar-refractivity contribution in [2.24, 2.45) is 0 Å². The highest BCUT2D eigenvalue weighted by Crippen LogP contribution is 2.23. The van der Waals surface area contributed by atoms with Crippen LogP contribution < -0.4 is 5.32 Å². The number of pyridine rings is 1. The fraction of sp³-hybridized carbons (Fsp3) is 0.533. The maximum absolute atomic E-state index is 12.2. The summed E-state index contributed by atoms with van der Waals surface area (Å²) >= 11 is 0. The molecule has 1 aliphatic rings. The summed E-state index contributed by atoms with van der Waals surface area (Å²) in [5, 5.41) is 11.7. The van der Waals surface area contributed by atoms with Crippen molar-refractivity contribution in [3.05, 3.63) is 29.6 Å². The Kier molecular flexibility index (Phi) is 5.14. The van der Waals surface area contributed by atoms with Crippen molar-refractivity contribution in [2.75, 3.05) is 6.54 Å². The number of rotatable bonds is 5. The van der Waals surface area contributed by atoms with Gasteiger partial charge in [-0.2, -0.15) is 0 Å². The van der Waals surface area contributed by atoms with Crippen LogP contribution in [0.5, 0.6) is 0 Å². The van der Waals surface area contributed by atoms with E-state index in [9.17, 15) is 9.59 Å². The van der Waals surface area contributed by atoms with Gasteiger partial charge in [-0.1, -0.05) is 18.9 Å². The van der Waals surface area contributed by atoms with Crippen LogP contribution in [0.1, 0.15) is 48.7 Å². The first-order chi connectivity index (χ1) is 10.1. The Morgan fingerprint density at radius 2 is 2.10 bits per heavy atom. The van der Waals surface area contributed by atoms with E-state index in [1.165, 1.54) is 25.1 Å². The van der Waals surface area contributed by atoms with Crippen molar-refractivity contribution in [1.82, 2.24) is 15.2 Å². The average Bonchev–Trinajstić information content (AvgIpc) is 3.00. The van der Waals surface area contributed by atoms with Crippen LogP contribution in [0.2, 0.25) is 0 Å². The smallest absolute Gasteiger partial charge is 0.354 e. The third-order valence-electron chi connectivity index (χ3n) is 3.85. The summed E-state index contributed by atoms with van der Waals surface area (Å²) in [6, 6.07) is 3.40. The molecule has 1 fully saturated rings. The number of carbonyl (C=O) groups excluding carboxylic acids is 1. The van der Waals surface area contributed by atoms with Crippen molar-refractivity contribution >= 4 is 12.0 Å². The Hall–Kier alpha value is -2.11. The Bertz CT molecular complexity index is 495. The van der Waals surface area contributed by atoms with E-state index in [0.29, 0.717) is 19.1 Å². The van der Waals surface area contributed by atoms with Gasteiger partial charge in [0.25, 0.3) is 0 Å². The number of aromatic nitrogens is 1. The third kappa shape index (κ3) is 3.93. The first kappa shape index (κ1) is 15.3. The lowest BCUT2D eigenvalue weighted by molar-refractivity contribution is 0.0690. The Morgan fingerprint density at radius 3 is 2.62 bits per heavy atom. The number of urea groups is 1. The lowest BCUT2D eigenvalue weighted by Crippen LogP contribution is -2.44. The van der Waals surface area contributed by atoms with Crippen LogP contribution in [-0.4, -0.2) is 39.6 Å². The highest BCUT2D eigenvalue weighted by molar-refractivity contribution is 5.85. The summed E-state index contributed by atoms with van der Waals surface area (Å²) in [6.45, 7) is 3.04. The van der Waals surface area contributed by atoms with Crippen LogP contribution in [0.15, 0.2) is 18.3 Å². The minimum Gasteiger partial charge on any atom is -0.477 e. The fourth-order valence-corrected chi connectivity index (χ4v) is 2.72. The molecule has 0 saturated heterocycles. The van der Waals surface area contributed by atoms with E-state index in [2.05, 4.69) is 10.3 Å². The van der Waals surface area contributed by atoms with Crippen LogP contribution in [0.3, 0.4) is 0 Å². The van der Waals surface area contributed by atoms with E-state index < -0.39 is 5.97 Å². The topological polar surface area (TPSA) is 82.5 Å². The van der Waals surface area contributed by atoms with Gasteiger partial charge in [0.1, 0.15) is 5.69 Å². The maximum atomic E-state index is 12.2. The number of aromatic carboxylic acids is 1. The molecule has 1 saturated carbocycles. The van der Waals surface area contributed by atoms with Crippen LogP contribution in [0.25, 0.3) is 0 Å². The predicted octanol–water partition coefficient (Wildman–Crippen LogP) is 2.25. The Labute approximate surface area is 124 Å². The lowest BCUT2D eigenvalue weighted by atomic mass is 10.2. The molecule has 0 unspecified atom stereocenters. The van der Waals surface area contributed by atoms with Gasteiger partial charge < -0.3 is 15.3 Å². The molecule has 2 rings (SSSR count). The number of nitrogens with one attached hydrogen (secondary N) is 1. The summed E-state index contributed by atoms with van der Waals surface area (Å²) in [7, 11) is 0. The van der Waals surface area contributed by atoms with Crippen molar-refractivity contribution < 1.29 is 14.7 Å². The summed E-state index contributed by atoms with van der Waals surface area (Å²) in [6.07, 6.45) is 6.02. The molecular weight excluding hydrogens is 270 g/mol. The minimum absolute atomic E-state index is 0.00576. The van der Waals surface area contributed by atoms with Gasteiger partial charge in [0, 0.05) is 25.3 Å². The van der Waals surface area contributed by atoms with E-state index in [1.807, 2.05) is 11.8 Å². The molecule has 0 aromatic carbocycles. The molecule has 0 bridgehead atoms. The zero-order valence-corrected chi connectivity index (χ0v) is 12.2. The van der Waals surface area contributed by atoms with Crippen LogP contribution >= 0.6 is 0 Å². The first-order valence-corrected chi connectivity index (χ1v) is 7.34. The second-order valence-corrected chi connectivity index (χ2v) is 5.24. The van der Waals surface area contributed by atoms with Gasteiger partial charge >= 0.3 is 12.0 Å². The minimum atomic E-state index is -1.05. The molecule has 1 aromatic rings. The summed E-state index contributed by atoms with van der Waals surface area (Å²) in [5.74, 6) is -1.05. The van der Waals surface area contributed by atoms with Gasteiger partial charge in [0.05, 0.1) is 0 Å². The molecule has 6 heteroatoms.